The minimum Gasteiger partial charge on any atom is -0.497 e. The summed E-state index contributed by atoms with van der Waals surface area (Å²) in [6, 6.07) is 51.4. The van der Waals surface area contributed by atoms with Crippen LogP contribution in [0.15, 0.2) is 220 Å². The molecule has 0 aliphatic carbocycles. The third-order valence-electron chi connectivity index (χ3n) is 22.9. The van der Waals surface area contributed by atoms with Crippen LogP contribution in [0.4, 0.5) is 0 Å². The zero-order valence-corrected chi connectivity index (χ0v) is 79.5. The van der Waals surface area contributed by atoms with Crippen LogP contribution in [0, 0.1) is 0 Å². The molecule has 16 rings (SSSR count). The van der Waals surface area contributed by atoms with Crippen molar-refractivity contribution < 1.29 is 37.9 Å². The molecule has 16 aromatic rings. The van der Waals surface area contributed by atoms with Crippen LogP contribution in [-0.2, 0) is 28.2 Å². The van der Waals surface area contributed by atoms with Gasteiger partial charge < -0.3 is 59.2 Å². The number of fused-ring (bicyclic) bond motifs is 4. The number of rotatable bonds is 36. The van der Waals surface area contributed by atoms with Crippen LogP contribution < -0.4 is 59.2 Å². The lowest BCUT2D eigenvalue weighted by Gasteiger charge is -2.21. The molecule has 8 heterocycles. The summed E-state index contributed by atoms with van der Waals surface area (Å²) in [5, 5.41) is 31.2. The number of ether oxygens (including phenoxy) is 8. The molecule has 135 heavy (non-hydrogen) atoms. The molecule has 0 saturated heterocycles. The van der Waals surface area contributed by atoms with Gasteiger partial charge in [-0.1, -0.05) is 102 Å². The van der Waals surface area contributed by atoms with E-state index in [-0.39, 0.29) is 46.0 Å². The number of nitrogens with zero attached hydrogens (tertiary/aromatic N) is 16. The second-order valence-corrected chi connectivity index (χ2v) is 34.0. The summed E-state index contributed by atoms with van der Waals surface area (Å²) < 4.78 is 51.4. The Morgan fingerprint density at radius 1 is 0.237 bits per heavy atom. The lowest BCUT2D eigenvalue weighted by molar-refractivity contribution is 0.392. The predicted molar refractivity (Wildman–Crippen MR) is 544 cm³/mol. The summed E-state index contributed by atoms with van der Waals surface area (Å²) in [5.41, 5.74) is 23.3. The van der Waals surface area contributed by atoms with Crippen molar-refractivity contribution in [2.45, 2.75) is 151 Å². The molecule has 0 aliphatic heterocycles. The van der Waals surface area contributed by atoms with Crippen LogP contribution in [0.25, 0.3) is 89.2 Å². The molecule has 0 fully saturated rings. The number of hydrogen-bond donors (Lipinski definition) is 4. The second-order valence-electron chi connectivity index (χ2n) is 34.0. The highest BCUT2D eigenvalue weighted by atomic mass is 16.5. The van der Waals surface area contributed by atoms with E-state index in [2.05, 4.69) is 214 Å². The molecule has 712 valence electrons. The second kappa shape index (κ2) is 49.3. The minimum atomic E-state index is 0. The van der Waals surface area contributed by atoms with E-state index in [4.69, 9.17) is 57.8 Å². The third-order valence-corrected chi connectivity index (χ3v) is 22.9. The topological polar surface area (TPSA) is 296 Å². The zero-order chi connectivity index (χ0) is 93.5. The Morgan fingerprint density at radius 3 is 0.578 bits per heavy atom. The van der Waals surface area contributed by atoms with E-state index in [1.807, 2.05) is 126 Å². The van der Waals surface area contributed by atoms with Gasteiger partial charge in [0.25, 0.3) is 0 Å². The van der Waals surface area contributed by atoms with Crippen molar-refractivity contribution >= 4 is 44.1 Å². The van der Waals surface area contributed by atoms with Gasteiger partial charge in [-0.15, -0.1) is 0 Å². The van der Waals surface area contributed by atoms with Crippen LogP contribution in [-0.4, -0.2) is 186 Å². The first-order valence-corrected chi connectivity index (χ1v) is 44.7. The van der Waals surface area contributed by atoms with Crippen LogP contribution in [0.2, 0.25) is 0 Å². The van der Waals surface area contributed by atoms with Crippen molar-refractivity contribution in [2.24, 2.45) is 28.2 Å². The van der Waals surface area contributed by atoms with Crippen molar-refractivity contribution in [3.63, 3.8) is 0 Å². The fourth-order valence-electron chi connectivity index (χ4n) is 16.0. The summed E-state index contributed by atoms with van der Waals surface area (Å²) in [4.78, 5) is 38.1. The van der Waals surface area contributed by atoms with Gasteiger partial charge in [0.15, 0.2) is 0 Å². The van der Waals surface area contributed by atoms with Crippen molar-refractivity contribution in [2.75, 3.05) is 83.1 Å². The van der Waals surface area contributed by atoms with E-state index in [1.165, 1.54) is 22.3 Å². The third kappa shape index (κ3) is 27.7. The van der Waals surface area contributed by atoms with Gasteiger partial charge in [-0.25, -0.2) is 19.9 Å². The molecule has 0 unspecified atom stereocenters. The maximum atomic E-state index is 5.54. The summed E-state index contributed by atoms with van der Waals surface area (Å²) in [7, 11) is 21.0. The molecule has 4 atom stereocenters. The van der Waals surface area contributed by atoms with E-state index >= 15 is 0 Å². The Bertz CT molecular complexity index is 5620. The molecule has 28 heteroatoms. The fourth-order valence-corrected chi connectivity index (χ4v) is 16.0. The number of aromatic nitrogens is 16. The molecule has 0 saturated carbocycles. The largest absolute Gasteiger partial charge is 0.497 e. The fraction of sp³-hybridized carbons (Fsp3) is 0.364. The normalized spacial score (nSPS) is 12.0. The van der Waals surface area contributed by atoms with E-state index < -0.39 is 0 Å². The van der Waals surface area contributed by atoms with E-state index in [9.17, 15) is 0 Å². The Hall–Kier alpha value is -13.8. The highest BCUT2D eigenvalue weighted by molar-refractivity contribution is 5.82. The Kier molecular flexibility index (Phi) is 37.7. The SMILES string of the molecule is C.C.C.COc1cc(OC)cc([C@@H](CCNC(C)C)c2ccc3ncc(-c4cnn(C)c4)nc3c2)c1.COc1cc(OC)cc([C@@H](CCNC(C)C)c2ccc3ncc(-c4cnn(C)c4)nc3c2)c1.COc1cc(OC)cc([C@H](CCNC(C)C)c2ccc3ncc(-c4cnn(C)c4)nc3c2)c1.COc1cc(OC)cc([C@H](CCNC(C)C)c2ccc3ncc(-c4cnn(C)c4)nc3c2)c1. The van der Waals surface area contributed by atoms with Gasteiger partial charge in [0.05, 0.1) is 173 Å². The van der Waals surface area contributed by atoms with Gasteiger partial charge in [-0.2, -0.15) is 20.4 Å². The molecule has 0 amide bonds. The van der Waals surface area contributed by atoms with E-state index in [0.29, 0.717) is 24.2 Å². The van der Waals surface area contributed by atoms with Gasteiger partial charge in [0.1, 0.15) is 46.0 Å². The van der Waals surface area contributed by atoms with Crippen molar-refractivity contribution in [1.29, 1.82) is 0 Å². The molecule has 0 aliphatic rings. The van der Waals surface area contributed by atoms with Crippen LogP contribution in [0.1, 0.15) is 172 Å². The van der Waals surface area contributed by atoms with Crippen molar-refractivity contribution in [3.05, 3.63) is 264 Å². The van der Waals surface area contributed by atoms with Gasteiger partial charge in [0, 0.05) is 147 Å². The lowest BCUT2D eigenvalue weighted by Crippen LogP contribution is -2.25. The van der Waals surface area contributed by atoms with Crippen LogP contribution in [0.5, 0.6) is 46.0 Å². The minimum absolute atomic E-state index is 0. The molecule has 4 N–H and O–H groups in total. The Labute approximate surface area is 795 Å². The van der Waals surface area contributed by atoms with Gasteiger partial charge in [-0.3, -0.25) is 38.7 Å². The first-order chi connectivity index (χ1) is 63.8. The number of nitrogens with one attached hydrogen (secondary N) is 4. The average Bonchev–Trinajstić information content (AvgIpc) is 1.69. The summed E-state index contributed by atoms with van der Waals surface area (Å²) in [6.07, 6.45) is 25.9. The number of benzene rings is 8. The molecule has 8 aromatic heterocycles. The molecule has 8 aromatic carbocycles. The molecule has 0 spiro atoms. The quantitative estimate of drug-likeness (QED) is 0.0284. The predicted octanol–water partition coefficient (Wildman–Crippen LogP) is 20.2. The summed E-state index contributed by atoms with van der Waals surface area (Å²) in [5.74, 6) is 6.85. The highest BCUT2D eigenvalue weighted by Crippen LogP contribution is 2.41. The maximum absolute atomic E-state index is 5.54. The zero-order valence-electron chi connectivity index (χ0n) is 79.5. The average molecular weight is 1830 g/mol. The van der Waals surface area contributed by atoms with E-state index in [0.717, 1.165) is 209 Å². The van der Waals surface area contributed by atoms with Crippen LogP contribution in [0.3, 0.4) is 0 Å². The lowest BCUT2D eigenvalue weighted by atomic mass is 9.87. The van der Waals surface area contributed by atoms with Gasteiger partial charge in [-0.05, 0) is 193 Å². The van der Waals surface area contributed by atoms with Crippen molar-refractivity contribution in [3.8, 4) is 91.0 Å². The molecule has 0 bridgehead atoms. The van der Waals surface area contributed by atoms with Crippen LogP contribution >= 0.6 is 0 Å². The summed E-state index contributed by atoms with van der Waals surface area (Å²) in [6.45, 7) is 20.9. The molecular weight excluding hydrogens is 1690 g/mol. The van der Waals surface area contributed by atoms with Gasteiger partial charge >= 0.3 is 0 Å². The number of aryl methyl sites for hydroxylation is 4. The van der Waals surface area contributed by atoms with Gasteiger partial charge in [0.2, 0.25) is 0 Å². The monoisotopic (exact) mass is 1830 g/mol. The molecule has 28 nitrogen and oxygen atoms in total. The summed E-state index contributed by atoms with van der Waals surface area (Å²) >= 11 is 0. The molecular formula is C107H136N20O8. The molecule has 0 radical (unpaired) electrons. The number of methoxy groups -OCH3 is 8. The standard InChI is InChI=1S/4C26H31N5O2.3CH4/c4*1-17(2)27-9-8-23(19-10-21(32-4)13-22(11-19)33-5)18-6-7-24-25(12-18)30-26(15-28-24)20-14-29-31(3)16-20;;;/h4*6-7,10-17,23,27H,8-9H2,1-5H3;3*1H4/t4*23-;;;/m1100.../s1. The Morgan fingerprint density at radius 2 is 0.422 bits per heavy atom. The maximum Gasteiger partial charge on any atom is 0.122 e. The highest BCUT2D eigenvalue weighted by Gasteiger charge is 2.25. The Balaban J connectivity index is 0.000000185. The van der Waals surface area contributed by atoms with E-state index in [1.54, 1.807) is 100 Å². The smallest absolute Gasteiger partial charge is 0.122 e. The van der Waals surface area contributed by atoms with Crippen molar-refractivity contribution in [1.82, 2.24) is 100 Å². The first kappa shape index (κ1) is 103. The first-order valence-electron chi connectivity index (χ1n) is 44.7. The number of hydrogen-bond acceptors (Lipinski definition) is 24.